The molecule has 0 aliphatic heterocycles. The van der Waals surface area contributed by atoms with Crippen LogP contribution in [-0.2, 0) is 16.0 Å². The Balaban J connectivity index is 3.30. The average molecular weight is 309 g/mol. The van der Waals surface area contributed by atoms with Gasteiger partial charge < -0.3 is 5.73 Å². The minimum absolute atomic E-state index is 0.323. The van der Waals surface area contributed by atoms with Crippen LogP contribution in [0.3, 0.4) is 0 Å². The molecule has 0 fully saturated rings. The normalized spacial score (nSPS) is 15.2. The Morgan fingerprint density at radius 1 is 1.20 bits per heavy atom. The molecule has 1 unspecified atom stereocenters. The summed E-state index contributed by atoms with van der Waals surface area (Å²) in [5, 5.41) is 0. The first-order chi connectivity index (χ1) is 8.78. The van der Waals surface area contributed by atoms with Crippen LogP contribution in [0.5, 0.6) is 0 Å². The van der Waals surface area contributed by atoms with Crippen LogP contribution >= 0.6 is 0 Å². The SMILES string of the molecule is Cc1cc(C(F)(F)F)ccc1C(N)C(C)(C)S(C)(=O)=O. The summed E-state index contributed by atoms with van der Waals surface area (Å²) in [5.41, 5.74) is 5.90. The minimum Gasteiger partial charge on any atom is -0.323 e. The lowest BCUT2D eigenvalue weighted by atomic mass is 9.91. The van der Waals surface area contributed by atoms with E-state index in [1.165, 1.54) is 26.8 Å². The molecule has 1 aromatic rings. The number of benzene rings is 1. The largest absolute Gasteiger partial charge is 0.416 e. The molecule has 114 valence electrons. The number of hydrogen-bond acceptors (Lipinski definition) is 3. The third-order valence-corrected chi connectivity index (χ3v) is 5.80. The molecule has 0 radical (unpaired) electrons. The molecule has 1 atom stereocenters. The fourth-order valence-electron chi connectivity index (χ4n) is 1.81. The van der Waals surface area contributed by atoms with E-state index in [2.05, 4.69) is 0 Å². The highest BCUT2D eigenvalue weighted by molar-refractivity contribution is 7.92. The van der Waals surface area contributed by atoms with Crippen molar-refractivity contribution >= 4 is 9.84 Å². The zero-order valence-electron chi connectivity index (χ0n) is 11.7. The van der Waals surface area contributed by atoms with Gasteiger partial charge >= 0.3 is 6.18 Å². The maximum atomic E-state index is 12.6. The predicted octanol–water partition coefficient (Wildman–Crippen LogP) is 2.84. The van der Waals surface area contributed by atoms with Crippen LogP contribution in [0.15, 0.2) is 18.2 Å². The highest BCUT2D eigenvalue weighted by atomic mass is 32.2. The summed E-state index contributed by atoms with van der Waals surface area (Å²) in [5.74, 6) is 0. The molecule has 2 N–H and O–H groups in total. The molecule has 0 bridgehead atoms. The van der Waals surface area contributed by atoms with E-state index in [9.17, 15) is 21.6 Å². The van der Waals surface area contributed by atoms with Crippen molar-refractivity contribution in [2.45, 2.75) is 37.7 Å². The smallest absolute Gasteiger partial charge is 0.323 e. The summed E-state index contributed by atoms with van der Waals surface area (Å²) in [6.45, 7) is 4.41. The van der Waals surface area contributed by atoms with Crippen molar-refractivity contribution in [3.8, 4) is 0 Å². The Morgan fingerprint density at radius 3 is 2.05 bits per heavy atom. The third-order valence-electron chi connectivity index (χ3n) is 3.64. The predicted molar refractivity (Wildman–Crippen MR) is 72.0 cm³/mol. The number of nitrogens with two attached hydrogens (primary N) is 1. The van der Waals surface area contributed by atoms with Crippen molar-refractivity contribution in [2.75, 3.05) is 6.26 Å². The van der Waals surface area contributed by atoms with Crippen LogP contribution in [-0.4, -0.2) is 19.4 Å². The van der Waals surface area contributed by atoms with Crippen LogP contribution < -0.4 is 5.73 Å². The van der Waals surface area contributed by atoms with Gasteiger partial charge in [-0.2, -0.15) is 13.2 Å². The zero-order valence-corrected chi connectivity index (χ0v) is 12.6. The van der Waals surface area contributed by atoms with Gasteiger partial charge in [-0.1, -0.05) is 6.07 Å². The van der Waals surface area contributed by atoms with E-state index in [0.29, 0.717) is 11.1 Å². The molecule has 0 amide bonds. The van der Waals surface area contributed by atoms with E-state index in [0.717, 1.165) is 18.4 Å². The van der Waals surface area contributed by atoms with Crippen molar-refractivity contribution in [1.82, 2.24) is 0 Å². The van der Waals surface area contributed by atoms with Gasteiger partial charge in [0, 0.05) is 12.3 Å². The van der Waals surface area contributed by atoms with E-state index in [1.807, 2.05) is 0 Å². The van der Waals surface area contributed by atoms with Gasteiger partial charge in [-0.05, 0) is 44.0 Å². The second-order valence-electron chi connectivity index (χ2n) is 5.42. The maximum Gasteiger partial charge on any atom is 0.416 e. The molecule has 20 heavy (non-hydrogen) atoms. The Labute approximate surface area is 116 Å². The second-order valence-corrected chi connectivity index (χ2v) is 8.02. The Bertz CT molecular complexity index is 607. The molecule has 0 heterocycles. The lowest BCUT2D eigenvalue weighted by Gasteiger charge is -2.31. The van der Waals surface area contributed by atoms with Crippen molar-refractivity contribution < 1.29 is 21.6 Å². The van der Waals surface area contributed by atoms with Crippen LogP contribution in [0.4, 0.5) is 13.2 Å². The molecule has 1 rings (SSSR count). The Kier molecular flexibility index (Phi) is 4.27. The van der Waals surface area contributed by atoms with Crippen molar-refractivity contribution in [1.29, 1.82) is 0 Å². The molecule has 7 heteroatoms. The number of sulfone groups is 1. The van der Waals surface area contributed by atoms with Crippen LogP contribution in [0.2, 0.25) is 0 Å². The summed E-state index contributed by atoms with van der Waals surface area (Å²) in [6, 6.07) is 2.24. The van der Waals surface area contributed by atoms with Gasteiger partial charge in [0.05, 0.1) is 10.3 Å². The van der Waals surface area contributed by atoms with Crippen LogP contribution in [0.25, 0.3) is 0 Å². The highest BCUT2D eigenvalue weighted by Gasteiger charge is 2.39. The summed E-state index contributed by atoms with van der Waals surface area (Å²) in [6.07, 6.45) is -3.37. The summed E-state index contributed by atoms with van der Waals surface area (Å²) in [4.78, 5) is 0. The number of rotatable bonds is 3. The summed E-state index contributed by atoms with van der Waals surface area (Å²) < 4.78 is 60.0. The number of hydrogen-bond donors (Lipinski definition) is 1. The first-order valence-corrected chi connectivity index (χ1v) is 7.80. The first-order valence-electron chi connectivity index (χ1n) is 5.91. The fourth-order valence-corrected chi connectivity index (χ4v) is 2.39. The van der Waals surface area contributed by atoms with Crippen molar-refractivity contribution in [2.24, 2.45) is 5.73 Å². The molecule has 0 aromatic heterocycles. The summed E-state index contributed by atoms with van der Waals surface area (Å²) in [7, 11) is -3.45. The van der Waals surface area contributed by atoms with Gasteiger partial charge in [0.25, 0.3) is 0 Å². The average Bonchev–Trinajstić information content (AvgIpc) is 2.25. The van der Waals surface area contributed by atoms with Gasteiger partial charge in [-0.25, -0.2) is 8.42 Å². The molecular weight excluding hydrogens is 291 g/mol. The van der Waals surface area contributed by atoms with Crippen molar-refractivity contribution in [3.63, 3.8) is 0 Å². The van der Waals surface area contributed by atoms with E-state index >= 15 is 0 Å². The molecule has 0 aliphatic rings. The summed E-state index contributed by atoms with van der Waals surface area (Å²) >= 11 is 0. The van der Waals surface area contributed by atoms with Crippen LogP contribution in [0, 0.1) is 6.92 Å². The van der Waals surface area contributed by atoms with Gasteiger partial charge in [-0.15, -0.1) is 0 Å². The van der Waals surface area contributed by atoms with Crippen molar-refractivity contribution in [3.05, 3.63) is 34.9 Å². The van der Waals surface area contributed by atoms with Gasteiger partial charge in [0.2, 0.25) is 0 Å². The molecule has 0 aliphatic carbocycles. The van der Waals surface area contributed by atoms with Gasteiger partial charge in [-0.3, -0.25) is 0 Å². The quantitative estimate of drug-likeness (QED) is 0.934. The number of halogens is 3. The van der Waals surface area contributed by atoms with E-state index in [1.54, 1.807) is 0 Å². The van der Waals surface area contributed by atoms with E-state index < -0.39 is 32.4 Å². The van der Waals surface area contributed by atoms with E-state index in [-0.39, 0.29) is 0 Å². The molecular formula is C13H18F3NO2S. The second kappa shape index (κ2) is 5.04. The lowest BCUT2D eigenvalue weighted by Crippen LogP contribution is -2.42. The molecule has 0 saturated heterocycles. The standard InChI is InChI=1S/C13H18F3NO2S/c1-8-7-9(13(14,15)16)5-6-10(8)11(17)12(2,3)20(4,18)19/h5-7,11H,17H2,1-4H3. The monoisotopic (exact) mass is 309 g/mol. The number of alkyl halides is 3. The van der Waals surface area contributed by atoms with Crippen LogP contribution in [0.1, 0.15) is 36.6 Å². The van der Waals surface area contributed by atoms with Gasteiger partial charge in [0.1, 0.15) is 0 Å². The zero-order chi connectivity index (χ0) is 15.9. The fraction of sp³-hybridized carbons (Fsp3) is 0.538. The molecule has 0 saturated carbocycles. The highest BCUT2D eigenvalue weighted by Crippen LogP contribution is 2.35. The molecule has 3 nitrogen and oxygen atoms in total. The third kappa shape index (κ3) is 3.15. The van der Waals surface area contributed by atoms with E-state index in [4.69, 9.17) is 5.73 Å². The molecule has 0 spiro atoms. The maximum absolute atomic E-state index is 12.6. The Hall–Kier alpha value is -1.08. The molecule has 1 aromatic carbocycles. The van der Waals surface area contributed by atoms with Gasteiger partial charge in [0.15, 0.2) is 9.84 Å². The minimum atomic E-state index is -4.43. The lowest BCUT2D eigenvalue weighted by molar-refractivity contribution is -0.137. The first kappa shape index (κ1) is 17.0. The number of aryl methyl sites for hydroxylation is 1. The topological polar surface area (TPSA) is 60.2 Å². The Morgan fingerprint density at radius 2 is 1.70 bits per heavy atom.